The molecule has 0 aliphatic carbocycles. The van der Waals surface area contributed by atoms with E-state index in [0.29, 0.717) is 0 Å². The van der Waals surface area contributed by atoms with Crippen LogP contribution in [-0.2, 0) is 12.2 Å². The Bertz CT molecular complexity index is 612. The second kappa shape index (κ2) is 6.42. The van der Waals surface area contributed by atoms with Crippen LogP contribution in [0.3, 0.4) is 0 Å². The van der Waals surface area contributed by atoms with Crippen LogP contribution in [-0.4, -0.2) is 19.9 Å². The van der Waals surface area contributed by atoms with Gasteiger partial charge in [-0.2, -0.15) is 11.8 Å². The molecule has 2 heterocycles. The van der Waals surface area contributed by atoms with Gasteiger partial charge in [-0.15, -0.1) is 11.3 Å². The molecule has 0 bridgehead atoms. The number of fused-ring (bicyclic) bond motifs is 1. The molecule has 1 aliphatic heterocycles. The standard InChI is InChI=1S/C17H21NOS2/c1-11-4-5-14(19-3)13(8-11)17(18-2)16-9-12-10-20-7-6-15(12)21-16/h4-5,8-9,17-18H,6-7,10H2,1-3H3. The summed E-state index contributed by atoms with van der Waals surface area (Å²) >= 11 is 3.99. The molecule has 1 aromatic carbocycles. The Morgan fingerprint density at radius 2 is 2.14 bits per heavy atom. The number of aryl methyl sites for hydroxylation is 2. The molecule has 1 aromatic heterocycles. The van der Waals surface area contributed by atoms with Crippen LogP contribution in [0.5, 0.6) is 5.75 Å². The summed E-state index contributed by atoms with van der Waals surface area (Å²) in [5.74, 6) is 3.37. The Hall–Kier alpha value is -0.970. The molecule has 1 unspecified atom stereocenters. The fourth-order valence-corrected chi connectivity index (χ4v) is 5.35. The van der Waals surface area contributed by atoms with Crippen molar-refractivity contribution in [2.75, 3.05) is 19.9 Å². The first-order valence-electron chi connectivity index (χ1n) is 7.24. The zero-order valence-electron chi connectivity index (χ0n) is 12.7. The number of benzene rings is 1. The van der Waals surface area contributed by atoms with E-state index in [1.807, 2.05) is 30.1 Å². The molecule has 21 heavy (non-hydrogen) atoms. The van der Waals surface area contributed by atoms with Crippen molar-refractivity contribution in [2.24, 2.45) is 0 Å². The Morgan fingerprint density at radius 3 is 2.86 bits per heavy atom. The normalized spacial score (nSPS) is 15.6. The first kappa shape index (κ1) is 14.9. The minimum absolute atomic E-state index is 0.209. The van der Waals surface area contributed by atoms with E-state index in [1.165, 1.54) is 33.7 Å². The van der Waals surface area contributed by atoms with Crippen LogP contribution in [0, 0.1) is 6.92 Å². The Labute approximate surface area is 134 Å². The topological polar surface area (TPSA) is 21.3 Å². The fraction of sp³-hybridized carbons (Fsp3) is 0.412. The Morgan fingerprint density at radius 1 is 1.29 bits per heavy atom. The summed E-state index contributed by atoms with van der Waals surface area (Å²) < 4.78 is 5.57. The van der Waals surface area contributed by atoms with Gasteiger partial charge in [-0.25, -0.2) is 0 Å². The van der Waals surface area contributed by atoms with Gasteiger partial charge in [-0.1, -0.05) is 17.7 Å². The maximum atomic E-state index is 5.57. The molecule has 0 saturated heterocycles. The van der Waals surface area contributed by atoms with Crippen LogP contribution in [0.15, 0.2) is 24.3 Å². The molecule has 1 aliphatic rings. The van der Waals surface area contributed by atoms with Crippen LogP contribution >= 0.6 is 23.1 Å². The Kier molecular flexibility index (Phi) is 4.57. The number of thioether (sulfide) groups is 1. The molecule has 0 radical (unpaired) electrons. The molecule has 4 heteroatoms. The predicted octanol–water partition coefficient (Wildman–Crippen LogP) is 4.16. The number of thiophene rings is 1. The van der Waals surface area contributed by atoms with E-state index in [4.69, 9.17) is 4.74 Å². The predicted molar refractivity (Wildman–Crippen MR) is 92.8 cm³/mol. The third-order valence-corrected chi connectivity index (χ3v) is 6.23. The van der Waals surface area contributed by atoms with Crippen LogP contribution in [0.25, 0.3) is 0 Å². The van der Waals surface area contributed by atoms with Gasteiger partial charge in [0.15, 0.2) is 0 Å². The van der Waals surface area contributed by atoms with E-state index in [9.17, 15) is 0 Å². The molecule has 0 saturated carbocycles. The molecule has 3 rings (SSSR count). The highest BCUT2D eigenvalue weighted by Crippen LogP contribution is 2.38. The first-order chi connectivity index (χ1) is 10.2. The van der Waals surface area contributed by atoms with Gasteiger partial charge in [0.1, 0.15) is 5.75 Å². The van der Waals surface area contributed by atoms with E-state index in [1.54, 1.807) is 12.0 Å². The average Bonchev–Trinajstić information content (AvgIpc) is 2.92. The van der Waals surface area contributed by atoms with Crippen molar-refractivity contribution in [1.29, 1.82) is 0 Å². The number of rotatable bonds is 4. The maximum absolute atomic E-state index is 5.57. The summed E-state index contributed by atoms with van der Waals surface area (Å²) in [5, 5.41) is 3.47. The smallest absolute Gasteiger partial charge is 0.124 e. The number of hydrogen-bond acceptors (Lipinski definition) is 4. The molecule has 0 fully saturated rings. The van der Waals surface area contributed by atoms with Crippen molar-refractivity contribution in [3.05, 3.63) is 50.7 Å². The summed E-state index contributed by atoms with van der Waals surface area (Å²) in [6.45, 7) is 2.13. The highest BCUT2D eigenvalue weighted by Gasteiger charge is 2.22. The summed E-state index contributed by atoms with van der Waals surface area (Å²) in [7, 11) is 3.77. The van der Waals surface area contributed by atoms with Gasteiger partial charge in [0.25, 0.3) is 0 Å². The van der Waals surface area contributed by atoms with Gasteiger partial charge in [0, 0.05) is 21.1 Å². The lowest BCUT2D eigenvalue weighted by Crippen LogP contribution is -2.17. The van der Waals surface area contributed by atoms with Crippen molar-refractivity contribution in [3.8, 4) is 5.75 Å². The Balaban J connectivity index is 2.02. The third-order valence-electron chi connectivity index (χ3n) is 3.92. The van der Waals surface area contributed by atoms with Crippen LogP contribution in [0.2, 0.25) is 0 Å². The zero-order valence-corrected chi connectivity index (χ0v) is 14.4. The highest BCUT2D eigenvalue weighted by atomic mass is 32.2. The minimum Gasteiger partial charge on any atom is -0.496 e. The summed E-state index contributed by atoms with van der Waals surface area (Å²) in [5.41, 5.74) is 4.02. The van der Waals surface area contributed by atoms with Gasteiger partial charge in [0.2, 0.25) is 0 Å². The summed E-state index contributed by atoms with van der Waals surface area (Å²) in [4.78, 5) is 2.96. The van der Waals surface area contributed by atoms with Crippen molar-refractivity contribution in [1.82, 2.24) is 5.32 Å². The first-order valence-corrected chi connectivity index (χ1v) is 9.21. The lowest BCUT2D eigenvalue weighted by atomic mass is 10.0. The van der Waals surface area contributed by atoms with E-state index in [0.717, 1.165) is 11.5 Å². The van der Waals surface area contributed by atoms with E-state index < -0.39 is 0 Å². The monoisotopic (exact) mass is 319 g/mol. The molecule has 1 N–H and O–H groups in total. The van der Waals surface area contributed by atoms with E-state index >= 15 is 0 Å². The second-order valence-corrected chi connectivity index (χ2v) is 7.64. The molecule has 112 valence electrons. The van der Waals surface area contributed by atoms with Crippen molar-refractivity contribution >= 4 is 23.1 Å². The third kappa shape index (κ3) is 2.98. The van der Waals surface area contributed by atoms with Crippen LogP contribution in [0.1, 0.15) is 32.5 Å². The van der Waals surface area contributed by atoms with Gasteiger partial charge in [-0.05, 0) is 43.8 Å². The fourth-order valence-electron chi connectivity index (χ4n) is 2.84. The SMILES string of the molecule is CNC(c1cc2c(s1)CCSC2)c1cc(C)ccc1OC. The molecular weight excluding hydrogens is 298 g/mol. The number of nitrogens with one attached hydrogen (secondary N) is 1. The highest BCUT2D eigenvalue weighted by molar-refractivity contribution is 7.98. The second-order valence-electron chi connectivity index (χ2n) is 5.37. The van der Waals surface area contributed by atoms with E-state index in [2.05, 4.69) is 36.5 Å². The van der Waals surface area contributed by atoms with Gasteiger partial charge in [0.05, 0.1) is 13.2 Å². The van der Waals surface area contributed by atoms with Gasteiger partial charge >= 0.3 is 0 Å². The maximum Gasteiger partial charge on any atom is 0.124 e. The largest absolute Gasteiger partial charge is 0.496 e. The molecular formula is C17H21NOS2. The summed E-state index contributed by atoms with van der Waals surface area (Å²) in [6, 6.07) is 8.99. The molecule has 0 spiro atoms. The quantitative estimate of drug-likeness (QED) is 0.914. The zero-order chi connectivity index (χ0) is 14.8. The number of hydrogen-bond donors (Lipinski definition) is 1. The molecule has 1 atom stereocenters. The van der Waals surface area contributed by atoms with Crippen LogP contribution < -0.4 is 10.1 Å². The number of ether oxygens (including phenoxy) is 1. The van der Waals surface area contributed by atoms with Crippen LogP contribution in [0.4, 0.5) is 0 Å². The van der Waals surface area contributed by atoms with Crippen molar-refractivity contribution in [2.45, 2.75) is 25.1 Å². The molecule has 2 aromatic rings. The lowest BCUT2D eigenvalue weighted by Gasteiger charge is -2.19. The minimum atomic E-state index is 0.209. The van der Waals surface area contributed by atoms with E-state index in [-0.39, 0.29) is 6.04 Å². The molecule has 2 nitrogen and oxygen atoms in total. The van der Waals surface area contributed by atoms with Crippen molar-refractivity contribution in [3.63, 3.8) is 0 Å². The van der Waals surface area contributed by atoms with Gasteiger partial charge in [-0.3, -0.25) is 0 Å². The summed E-state index contributed by atoms with van der Waals surface area (Å²) in [6.07, 6.45) is 1.21. The molecule has 0 amide bonds. The lowest BCUT2D eigenvalue weighted by molar-refractivity contribution is 0.405. The average molecular weight is 319 g/mol. The van der Waals surface area contributed by atoms with Crippen molar-refractivity contribution < 1.29 is 4.74 Å². The number of methoxy groups -OCH3 is 1. The van der Waals surface area contributed by atoms with Gasteiger partial charge < -0.3 is 10.1 Å².